The maximum Gasteiger partial charge on any atom is 0.0278 e. The highest BCUT2D eigenvalue weighted by Crippen LogP contribution is 2.25. The molecule has 0 amide bonds. The summed E-state index contributed by atoms with van der Waals surface area (Å²) in [6.45, 7) is 9.57. The molecule has 0 spiro atoms. The molecule has 1 aliphatic rings. The SMILES string of the molecule is CCCN(Cc1ccc2c(c1)CCC2)C(C)(C)CN. The van der Waals surface area contributed by atoms with Gasteiger partial charge >= 0.3 is 0 Å². The first kappa shape index (κ1) is 14.5. The van der Waals surface area contributed by atoms with Gasteiger partial charge in [0.15, 0.2) is 0 Å². The molecule has 0 bridgehead atoms. The van der Waals surface area contributed by atoms with Crippen LogP contribution in [0.4, 0.5) is 0 Å². The summed E-state index contributed by atoms with van der Waals surface area (Å²) in [7, 11) is 0. The highest BCUT2D eigenvalue weighted by atomic mass is 15.2. The van der Waals surface area contributed by atoms with Crippen molar-refractivity contribution in [2.45, 2.75) is 58.5 Å². The molecular formula is C17H28N2. The zero-order chi connectivity index (χ0) is 13.9. The average Bonchev–Trinajstić information content (AvgIpc) is 2.85. The zero-order valence-electron chi connectivity index (χ0n) is 12.7. The van der Waals surface area contributed by atoms with E-state index in [4.69, 9.17) is 5.73 Å². The Labute approximate surface area is 118 Å². The number of aryl methyl sites for hydroxylation is 2. The quantitative estimate of drug-likeness (QED) is 0.851. The third-order valence-electron chi connectivity index (χ3n) is 4.39. The molecule has 1 aromatic carbocycles. The summed E-state index contributed by atoms with van der Waals surface area (Å²) >= 11 is 0. The predicted octanol–water partition coefficient (Wildman–Crippen LogP) is 3.12. The van der Waals surface area contributed by atoms with E-state index in [9.17, 15) is 0 Å². The van der Waals surface area contributed by atoms with Crippen molar-refractivity contribution in [2.75, 3.05) is 13.1 Å². The summed E-state index contributed by atoms with van der Waals surface area (Å²) in [4.78, 5) is 2.52. The third kappa shape index (κ3) is 3.37. The Bertz CT molecular complexity index is 423. The fourth-order valence-corrected chi connectivity index (χ4v) is 2.94. The van der Waals surface area contributed by atoms with E-state index in [0.29, 0.717) is 6.54 Å². The molecule has 2 rings (SSSR count). The molecule has 2 N–H and O–H groups in total. The molecule has 0 unspecified atom stereocenters. The van der Waals surface area contributed by atoms with Crippen molar-refractivity contribution in [3.63, 3.8) is 0 Å². The van der Waals surface area contributed by atoms with Gasteiger partial charge in [-0.2, -0.15) is 0 Å². The van der Waals surface area contributed by atoms with Crippen LogP contribution in [0.15, 0.2) is 18.2 Å². The Balaban J connectivity index is 2.13. The van der Waals surface area contributed by atoms with E-state index in [2.05, 4.69) is 43.9 Å². The van der Waals surface area contributed by atoms with Crippen molar-refractivity contribution in [2.24, 2.45) is 5.73 Å². The van der Waals surface area contributed by atoms with Crippen LogP contribution in [0.2, 0.25) is 0 Å². The van der Waals surface area contributed by atoms with Crippen LogP contribution in [0.3, 0.4) is 0 Å². The van der Waals surface area contributed by atoms with Crippen molar-refractivity contribution in [3.05, 3.63) is 34.9 Å². The van der Waals surface area contributed by atoms with E-state index < -0.39 is 0 Å². The summed E-state index contributed by atoms with van der Waals surface area (Å²) in [5.41, 5.74) is 10.6. The Morgan fingerprint density at radius 2 is 1.95 bits per heavy atom. The number of nitrogens with zero attached hydrogens (tertiary/aromatic N) is 1. The molecule has 0 aromatic heterocycles. The van der Waals surface area contributed by atoms with Gasteiger partial charge in [-0.25, -0.2) is 0 Å². The number of nitrogens with two attached hydrogens (primary N) is 1. The van der Waals surface area contributed by atoms with Crippen LogP contribution in [0, 0.1) is 0 Å². The topological polar surface area (TPSA) is 29.3 Å². The normalized spacial score (nSPS) is 15.0. The fourth-order valence-electron chi connectivity index (χ4n) is 2.94. The van der Waals surface area contributed by atoms with E-state index in [1.165, 1.54) is 31.2 Å². The van der Waals surface area contributed by atoms with Gasteiger partial charge in [-0.1, -0.05) is 25.1 Å². The second-order valence-corrected chi connectivity index (χ2v) is 6.39. The van der Waals surface area contributed by atoms with Crippen molar-refractivity contribution >= 4 is 0 Å². The Morgan fingerprint density at radius 3 is 2.63 bits per heavy atom. The van der Waals surface area contributed by atoms with Gasteiger partial charge in [0.1, 0.15) is 0 Å². The van der Waals surface area contributed by atoms with Crippen LogP contribution in [-0.4, -0.2) is 23.5 Å². The smallest absolute Gasteiger partial charge is 0.0278 e. The highest BCUT2D eigenvalue weighted by Gasteiger charge is 2.24. The molecule has 19 heavy (non-hydrogen) atoms. The minimum absolute atomic E-state index is 0.0784. The molecule has 1 aliphatic carbocycles. The molecule has 0 atom stereocenters. The maximum atomic E-state index is 5.94. The van der Waals surface area contributed by atoms with Gasteiger partial charge in [0.05, 0.1) is 0 Å². The van der Waals surface area contributed by atoms with Crippen molar-refractivity contribution in [1.29, 1.82) is 0 Å². The fraction of sp³-hybridized carbons (Fsp3) is 0.647. The van der Waals surface area contributed by atoms with E-state index in [1.54, 1.807) is 11.1 Å². The lowest BCUT2D eigenvalue weighted by atomic mass is 10.00. The number of fused-ring (bicyclic) bond motifs is 1. The summed E-state index contributed by atoms with van der Waals surface area (Å²) in [6.07, 6.45) is 5.03. The van der Waals surface area contributed by atoms with Crippen LogP contribution < -0.4 is 5.73 Å². The Kier molecular flexibility index (Phi) is 4.64. The third-order valence-corrected chi connectivity index (χ3v) is 4.39. The van der Waals surface area contributed by atoms with Gasteiger partial charge in [-0.05, 0) is 62.8 Å². The second kappa shape index (κ2) is 6.06. The van der Waals surface area contributed by atoms with Gasteiger partial charge in [0, 0.05) is 18.6 Å². The average molecular weight is 260 g/mol. The molecule has 0 saturated carbocycles. The lowest BCUT2D eigenvalue weighted by molar-refractivity contribution is 0.118. The molecule has 2 heteroatoms. The molecule has 0 saturated heterocycles. The van der Waals surface area contributed by atoms with Gasteiger partial charge in [0.25, 0.3) is 0 Å². The minimum Gasteiger partial charge on any atom is -0.329 e. The van der Waals surface area contributed by atoms with Gasteiger partial charge in [0.2, 0.25) is 0 Å². The highest BCUT2D eigenvalue weighted by molar-refractivity contribution is 5.35. The summed E-state index contributed by atoms with van der Waals surface area (Å²) < 4.78 is 0. The molecule has 2 nitrogen and oxygen atoms in total. The van der Waals surface area contributed by atoms with Crippen LogP contribution in [-0.2, 0) is 19.4 Å². The zero-order valence-corrected chi connectivity index (χ0v) is 12.7. The van der Waals surface area contributed by atoms with Crippen LogP contribution in [0.5, 0.6) is 0 Å². The Morgan fingerprint density at radius 1 is 1.21 bits per heavy atom. The Hall–Kier alpha value is -0.860. The first-order valence-electron chi connectivity index (χ1n) is 7.62. The van der Waals surface area contributed by atoms with Gasteiger partial charge < -0.3 is 5.73 Å². The van der Waals surface area contributed by atoms with E-state index in [1.807, 2.05) is 0 Å². The number of rotatable bonds is 6. The monoisotopic (exact) mass is 260 g/mol. The van der Waals surface area contributed by atoms with Crippen molar-refractivity contribution in [1.82, 2.24) is 4.90 Å². The molecule has 0 heterocycles. The lowest BCUT2D eigenvalue weighted by Crippen LogP contribution is -2.49. The molecule has 106 valence electrons. The lowest BCUT2D eigenvalue weighted by Gasteiger charge is -2.37. The van der Waals surface area contributed by atoms with E-state index in [0.717, 1.165) is 13.1 Å². The summed E-state index contributed by atoms with van der Waals surface area (Å²) in [5, 5.41) is 0. The summed E-state index contributed by atoms with van der Waals surface area (Å²) in [5.74, 6) is 0. The molecule has 1 aromatic rings. The van der Waals surface area contributed by atoms with Crippen molar-refractivity contribution < 1.29 is 0 Å². The number of hydrogen-bond acceptors (Lipinski definition) is 2. The first-order valence-corrected chi connectivity index (χ1v) is 7.62. The first-order chi connectivity index (χ1) is 9.06. The van der Waals surface area contributed by atoms with E-state index in [-0.39, 0.29) is 5.54 Å². The largest absolute Gasteiger partial charge is 0.329 e. The van der Waals surface area contributed by atoms with E-state index >= 15 is 0 Å². The van der Waals surface area contributed by atoms with Crippen LogP contribution >= 0.6 is 0 Å². The van der Waals surface area contributed by atoms with Gasteiger partial charge in [-0.3, -0.25) is 4.90 Å². The predicted molar refractivity (Wildman–Crippen MR) is 82.3 cm³/mol. The molecular weight excluding hydrogens is 232 g/mol. The number of benzene rings is 1. The van der Waals surface area contributed by atoms with Crippen LogP contribution in [0.1, 0.15) is 50.3 Å². The molecule has 0 radical (unpaired) electrons. The second-order valence-electron chi connectivity index (χ2n) is 6.39. The summed E-state index contributed by atoms with van der Waals surface area (Å²) in [6, 6.07) is 7.05. The molecule has 0 aliphatic heterocycles. The van der Waals surface area contributed by atoms with Crippen LogP contribution in [0.25, 0.3) is 0 Å². The standard InChI is InChI=1S/C17H28N2/c1-4-10-19(17(2,3)13-18)12-14-8-9-15-6-5-7-16(15)11-14/h8-9,11H,4-7,10,12-13,18H2,1-3H3. The maximum absolute atomic E-state index is 5.94. The molecule has 0 fully saturated rings. The van der Waals surface area contributed by atoms with Gasteiger partial charge in [-0.15, -0.1) is 0 Å². The van der Waals surface area contributed by atoms with Crippen molar-refractivity contribution in [3.8, 4) is 0 Å². The minimum atomic E-state index is 0.0784. The number of hydrogen-bond donors (Lipinski definition) is 1.